The van der Waals surface area contributed by atoms with Crippen molar-refractivity contribution in [3.63, 3.8) is 0 Å². The quantitative estimate of drug-likeness (QED) is 0.637. The van der Waals surface area contributed by atoms with Crippen LogP contribution in [-0.2, 0) is 0 Å². The first-order valence-corrected chi connectivity index (χ1v) is 4.34. The molecule has 0 saturated heterocycles. The molecule has 13 heavy (non-hydrogen) atoms. The lowest BCUT2D eigenvalue weighted by Crippen LogP contribution is -1.82. The van der Waals surface area contributed by atoms with Gasteiger partial charge in [-0.2, -0.15) is 5.26 Å². The maximum Gasteiger partial charge on any atom is 0.138 e. The van der Waals surface area contributed by atoms with Crippen LogP contribution in [0, 0.1) is 29.0 Å². The van der Waals surface area contributed by atoms with Crippen LogP contribution in [0.25, 0.3) is 0 Å². The van der Waals surface area contributed by atoms with Gasteiger partial charge in [0.1, 0.15) is 5.82 Å². The van der Waals surface area contributed by atoms with Gasteiger partial charge in [0.05, 0.1) is 18.1 Å². The largest absolute Gasteiger partial charge is 0.206 e. The van der Waals surface area contributed by atoms with Gasteiger partial charge in [-0.3, -0.25) is 0 Å². The third-order valence-electron chi connectivity index (χ3n) is 1.32. The molecule has 64 valence electrons. The molecule has 0 N–H and O–H groups in total. The van der Waals surface area contributed by atoms with E-state index in [4.69, 9.17) is 5.26 Å². The Hall–Kier alpha value is -1.32. The van der Waals surface area contributed by atoms with Crippen molar-refractivity contribution in [2.75, 3.05) is 0 Å². The van der Waals surface area contributed by atoms with E-state index in [2.05, 4.69) is 27.8 Å². The average Bonchev–Trinajstić information content (AvgIpc) is 2.11. The molecule has 0 aliphatic heterocycles. The van der Waals surface area contributed by atoms with E-state index in [9.17, 15) is 4.39 Å². The average molecular weight is 238 g/mol. The zero-order valence-corrected chi connectivity index (χ0v) is 8.23. The predicted molar refractivity (Wildman–Crippen MR) is 51.2 cm³/mol. The highest BCUT2D eigenvalue weighted by Crippen LogP contribution is 2.14. The molecule has 0 aromatic heterocycles. The summed E-state index contributed by atoms with van der Waals surface area (Å²) in [7, 11) is 0. The number of hydrogen-bond acceptors (Lipinski definition) is 1. The highest BCUT2D eigenvalue weighted by atomic mass is 79.9. The van der Waals surface area contributed by atoms with E-state index in [0.717, 1.165) is 4.47 Å². The molecule has 0 atom stereocenters. The Balaban J connectivity index is 2.97. The van der Waals surface area contributed by atoms with Crippen LogP contribution in [0.4, 0.5) is 4.39 Å². The van der Waals surface area contributed by atoms with Crippen LogP contribution in [0.5, 0.6) is 0 Å². The minimum atomic E-state index is -0.367. The predicted octanol–water partition coefficient (Wildman–Crippen LogP) is 2.85. The van der Waals surface area contributed by atoms with Crippen LogP contribution < -0.4 is 0 Å². The normalized spacial score (nSPS) is 8.38. The van der Waals surface area contributed by atoms with Gasteiger partial charge >= 0.3 is 0 Å². The fourth-order valence-corrected chi connectivity index (χ4v) is 1.13. The van der Waals surface area contributed by atoms with Crippen molar-refractivity contribution in [1.82, 2.24) is 0 Å². The van der Waals surface area contributed by atoms with Gasteiger partial charge in [0, 0.05) is 4.47 Å². The Morgan fingerprint density at radius 1 is 1.46 bits per heavy atom. The molecule has 0 saturated carbocycles. The molecule has 0 heterocycles. The van der Waals surface area contributed by atoms with Crippen LogP contribution >= 0.6 is 15.9 Å². The monoisotopic (exact) mass is 237 g/mol. The van der Waals surface area contributed by atoms with Crippen molar-refractivity contribution in [2.24, 2.45) is 0 Å². The van der Waals surface area contributed by atoms with Crippen LogP contribution in [0.1, 0.15) is 12.0 Å². The molecular weight excluding hydrogens is 233 g/mol. The van der Waals surface area contributed by atoms with Crippen molar-refractivity contribution in [3.05, 3.63) is 34.1 Å². The first-order chi connectivity index (χ1) is 6.24. The topological polar surface area (TPSA) is 23.8 Å². The fourth-order valence-electron chi connectivity index (χ4n) is 0.772. The van der Waals surface area contributed by atoms with Gasteiger partial charge in [0.15, 0.2) is 0 Å². The van der Waals surface area contributed by atoms with Crippen LogP contribution in [0.3, 0.4) is 0 Å². The van der Waals surface area contributed by atoms with Crippen molar-refractivity contribution in [3.8, 4) is 17.9 Å². The van der Waals surface area contributed by atoms with Gasteiger partial charge in [-0.25, -0.2) is 4.39 Å². The second kappa shape index (κ2) is 4.64. The summed E-state index contributed by atoms with van der Waals surface area (Å²) in [5, 5.41) is 8.21. The molecule has 0 aliphatic carbocycles. The van der Waals surface area contributed by atoms with Crippen molar-refractivity contribution in [1.29, 1.82) is 5.26 Å². The van der Waals surface area contributed by atoms with Crippen LogP contribution in [-0.4, -0.2) is 0 Å². The van der Waals surface area contributed by atoms with E-state index < -0.39 is 0 Å². The van der Waals surface area contributed by atoms with Gasteiger partial charge < -0.3 is 0 Å². The van der Waals surface area contributed by atoms with Gasteiger partial charge in [-0.1, -0.05) is 27.8 Å². The zero-order valence-electron chi connectivity index (χ0n) is 6.64. The second-order valence-electron chi connectivity index (χ2n) is 2.26. The van der Waals surface area contributed by atoms with Crippen LogP contribution in [0.2, 0.25) is 0 Å². The Morgan fingerprint density at radius 2 is 2.23 bits per heavy atom. The number of rotatable bonds is 0. The highest BCUT2D eigenvalue weighted by Gasteiger charge is 1.97. The summed E-state index contributed by atoms with van der Waals surface area (Å²) in [6.45, 7) is 0. The van der Waals surface area contributed by atoms with Gasteiger partial charge in [-0.05, 0) is 18.2 Å². The molecule has 0 amide bonds. The molecule has 0 aliphatic rings. The Morgan fingerprint density at radius 3 is 2.92 bits per heavy atom. The highest BCUT2D eigenvalue weighted by molar-refractivity contribution is 9.10. The molecule has 0 spiro atoms. The smallest absolute Gasteiger partial charge is 0.138 e. The Labute approximate surface area is 84.3 Å². The zero-order chi connectivity index (χ0) is 9.68. The van der Waals surface area contributed by atoms with Gasteiger partial charge in [-0.15, -0.1) is 0 Å². The van der Waals surface area contributed by atoms with Gasteiger partial charge in [0.25, 0.3) is 0 Å². The van der Waals surface area contributed by atoms with Crippen molar-refractivity contribution in [2.45, 2.75) is 6.42 Å². The summed E-state index contributed by atoms with van der Waals surface area (Å²) >= 11 is 3.21. The third kappa shape index (κ3) is 2.89. The summed E-state index contributed by atoms with van der Waals surface area (Å²) in [6, 6.07) is 6.38. The van der Waals surface area contributed by atoms with E-state index in [1.54, 1.807) is 12.1 Å². The first kappa shape index (κ1) is 9.77. The molecule has 1 aromatic carbocycles. The molecule has 3 heteroatoms. The van der Waals surface area contributed by atoms with E-state index in [-0.39, 0.29) is 12.2 Å². The minimum Gasteiger partial charge on any atom is -0.206 e. The lowest BCUT2D eigenvalue weighted by atomic mass is 10.2. The maximum atomic E-state index is 13.0. The number of halogens is 2. The van der Waals surface area contributed by atoms with Crippen molar-refractivity contribution >= 4 is 15.9 Å². The second-order valence-corrected chi connectivity index (χ2v) is 3.18. The SMILES string of the molecule is N#CCC#Cc1cc(Br)ccc1F. The molecule has 1 aromatic rings. The van der Waals surface area contributed by atoms with Crippen LogP contribution in [0.15, 0.2) is 22.7 Å². The Bertz CT molecular complexity index is 409. The van der Waals surface area contributed by atoms with Crippen molar-refractivity contribution < 1.29 is 4.39 Å². The number of nitriles is 1. The number of hydrogen-bond donors (Lipinski definition) is 0. The number of benzene rings is 1. The molecule has 1 rings (SSSR count). The van der Waals surface area contributed by atoms with E-state index in [1.807, 2.05) is 6.07 Å². The fraction of sp³-hybridized carbons (Fsp3) is 0.100. The van der Waals surface area contributed by atoms with E-state index in [1.165, 1.54) is 6.07 Å². The number of nitrogens with zero attached hydrogens (tertiary/aromatic N) is 1. The maximum absolute atomic E-state index is 13.0. The molecule has 0 unspecified atom stereocenters. The summed E-state index contributed by atoms with van der Waals surface area (Å²) in [4.78, 5) is 0. The molecule has 0 fully saturated rings. The summed E-state index contributed by atoms with van der Waals surface area (Å²) < 4.78 is 13.8. The summed E-state index contributed by atoms with van der Waals surface area (Å²) in [5.74, 6) is 4.76. The first-order valence-electron chi connectivity index (χ1n) is 3.55. The molecule has 0 bridgehead atoms. The summed E-state index contributed by atoms with van der Waals surface area (Å²) in [6.07, 6.45) is 0.117. The molecular formula is C10H5BrFN. The Kier molecular flexibility index (Phi) is 3.49. The van der Waals surface area contributed by atoms with E-state index in [0.29, 0.717) is 5.56 Å². The van der Waals surface area contributed by atoms with E-state index >= 15 is 0 Å². The lowest BCUT2D eigenvalue weighted by molar-refractivity contribution is 0.624. The van der Waals surface area contributed by atoms with Gasteiger partial charge in [0.2, 0.25) is 0 Å². The lowest BCUT2D eigenvalue weighted by Gasteiger charge is -1.93. The summed E-state index contributed by atoms with van der Waals surface area (Å²) in [5.41, 5.74) is 0.310. The molecule has 1 nitrogen and oxygen atoms in total. The minimum absolute atomic E-state index is 0.117. The molecule has 0 radical (unpaired) electrons. The third-order valence-corrected chi connectivity index (χ3v) is 1.81. The standard InChI is InChI=1S/C10H5BrFN/c11-9-4-5-10(12)8(7-9)3-1-2-6-13/h4-5,7H,2H2.